The van der Waals surface area contributed by atoms with E-state index in [9.17, 15) is 4.79 Å². The largest absolute Gasteiger partial charge is 0.376 e. The van der Waals surface area contributed by atoms with Crippen molar-refractivity contribution in [2.75, 3.05) is 20.2 Å². The fourth-order valence-corrected chi connectivity index (χ4v) is 2.61. The van der Waals surface area contributed by atoms with Crippen molar-refractivity contribution in [1.82, 2.24) is 19.5 Å². The Hall–Kier alpha value is -1.95. The lowest BCUT2D eigenvalue weighted by molar-refractivity contribution is 0.0588. The first kappa shape index (κ1) is 13.1. The van der Waals surface area contributed by atoms with Gasteiger partial charge in [-0.3, -0.25) is 4.79 Å². The first-order chi connectivity index (χ1) is 9.66. The highest BCUT2D eigenvalue weighted by Gasteiger charge is 2.25. The molecule has 0 spiro atoms. The van der Waals surface area contributed by atoms with Gasteiger partial charge in [-0.15, -0.1) is 0 Å². The van der Waals surface area contributed by atoms with Gasteiger partial charge in [-0.1, -0.05) is 0 Å². The van der Waals surface area contributed by atoms with Gasteiger partial charge >= 0.3 is 0 Å². The number of amides is 1. The van der Waals surface area contributed by atoms with Gasteiger partial charge in [-0.25, -0.2) is 9.50 Å². The molecule has 3 heterocycles. The number of likely N-dealkylation sites (N-methyl/N-ethyl adjacent to an activating group) is 1. The average molecular weight is 274 g/mol. The highest BCUT2D eigenvalue weighted by atomic mass is 16.5. The number of nitrogens with zero attached hydrogens (tertiary/aromatic N) is 4. The number of carbonyl (C=O) groups excluding carboxylic acids is 1. The molecule has 106 valence electrons. The van der Waals surface area contributed by atoms with Crippen molar-refractivity contribution in [3.05, 3.63) is 29.7 Å². The summed E-state index contributed by atoms with van der Waals surface area (Å²) >= 11 is 0. The van der Waals surface area contributed by atoms with Gasteiger partial charge in [0.1, 0.15) is 5.56 Å². The van der Waals surface area contributed by atoms with Crippen molar-refractivity contribution < 1.29 is 9.53 Å². The van der Waals surface area contributed by atoms with Crippen LogP contribution in [-0.2, 0) is 4.74 Å². The van der Waals surface area contributed by atoms with E-state index in [1.165, 1.54) is 0 Å². The third-order valence-corrected chi connectivity index (χ3v) is 3.63. The lowest BCUT2D eigenvalue weighted by Gasteiger charge is -2.20. The molecular weight excluding hydrogens is 256 g/mol. The van der Waals surface area contributed by atoms with Crippen LogP contribution in [0.25, 0.3) is 5.65 Å². The van der Waals surface area contributed by atoms with Gasteiger partial charge in [0, 0.05) is 32.6 Å². The first-order valence-corrected chi connectivity index (χ1v) is 6.84. The maximum Gasteiger partial charge on any atom is 0.259 e. The maximum absolute atomic E-state index is 12.6. The van der Waals surface area contributed by atoms with E-state index in [4.69, 9.17) is 4.74 Å². The summed E-state index contributed by atoms with van der Waals surface area (Å²) in [6, 6.07) is 1.80. The van der Waals surface area contributed by atoms with Crippen molar-refractivity contribution >= 4 is 11.6 Å². The minimum atomic E-state index is -0.0494. The Labute approximate surface area is 117 Å². The fourth-order valence-electron chi connectivity index (χ4n) is 2.61. The molecule has 1 amide bonds. The quantitative estimate of drug-likeness (QED) is 0.846. The molecule has 0 bridgehead atoms. The molecule has 1 unspecified atom stereocenters. The molecule has 0 aromatic carbocycles. The summed E-state index contributed by atoms with van der Waals surface area (Å²) < 4.78 is 7.22. The highest BCUT2D eigenvalue weighted by Crippen LogP contribution is 2.17. The lowest BCUT2D eigenvalue weighted by atomic mass is 10.2. The van der Waals surface area contributed by atoms with Crippen molar-refractivity contribution in [2.24, 2.45) is 0 Å². The van der Waals surface area contributed by atoms with Crippen LogP contribution in [0.3, 0.4) is 0 Å². The van der Waals surface area contributed by atoms with Gasteiger partial charge in [0.25, 0.3) is 5.91 Å². The van der Waals surface area contributed by atoms with E-state index in [0.29, 0.717) is 23.4 Å². The number of ether oxygens (including phenoxy) is 1. The SMILES string of the molecule is Cc1nn2cccnc2c1C(=O)N(C)CC1CCCO1. The van der Waals surface area contributed by atoms with Gasteiger partial charge in [-0.05, 0) is 25.8 Å². The number of hydrogen-bond acceptors (Lipinski definition) is 4. The van der Waals surface area contributed by atoms with Crippen LogP contribution < -0.4 is 0 Å². The van der Waals surface area contributed by atoms with E-state index in [2.05, 4.69) is 10.1 Å². The summed E-state index contributed by atoms with van der Waals surface area (Å²) in [6.45, 7) is 3.24. The molecule has 0 radical (unpaired) electrons. The Morgan fingerprint density at radius 1 is 1.60 bits per heavy atom. The Morgan fingerprint density at radius 2 is 2.45 bits per heavy atom. The molecule has 2 aromatic heterocycles. The average Bonchev–Trinajstić information content (AvgIpc) is 3.04. The van der Waals surface area contributed by atoms with E-state index in [1.807, 2.05) is 6.92 Å². The lowest BCUT2D eigenvalue weighted by Crippen LogP contribution is -2.34. The first-order valence-electron chi connectivity index (χ1n) is 6.84. The van der Waals surface area contributed by atoms with Crippen molar-refractivity contribution in [3.8, 4) is 0 Å². The summed E-state index contributed by atoms with van der Waals surface area (Å²) in [6.07, 6.45) is 5.71. The van der Waals surface area contributed by atoms with Gasteiger partial charge < -0.3 is 9.64 Å². The van der Waals surface area contributed by atoms with E-state index < -0.39 is 0 Å². The van der Waals surface area contributed by atoms with Gasteiger partial charge in [-0.2, -0.15) is 5.10 Å². The van der Waals surface area contributed by atoms with Gasteiger partial charge in [0.15, 0.2) is 5.65 Å². The number of fused-ring (bicyclic) bond motifs is 1. The summed E-state index contributed by atoms with van der Waals surface area (Å²) in [5, 5.41) is 4.32. The van der Waals surface area contributed by atoms with Crippen LogP contribution >= 0.6 is 0 Å². The Kier molecular flexibility index (Phi) is 3.40. The molecular formula is C14H18N4O2. The van der Waals surface area contributed by atoms with Crippen LogP contribution in [0.2, 0.25) is 0 Å². The molecule has 6 heteroatoms. The van der Waals surface area contributed by atoms with E-state index in [1.54, 1.807) is 34.9 Å². The molecule has 1 aliphatic heterocycles. The van der Waals surface area contributed by atoms with Crippen LogP contribution in [-0.4, -0.2) is 51.7 Å². The van der Waals surface area contributed by atoms with E-state index >= 15 is 0 Å². The molecule has 20 heavy (non-hydrogen) atoms. The number of aromatic nitrogens is 3. The number of aryl methyl sites for hydroxylation is 1. The molecule has 0 aliphatic carbocycles. The molecule has 2 aromatic rings. The summed E-state index contributed by atoms with van der Waals surface area (Å²) in [7, 11) is 1.80. The Bertz CT molecular complexity index is 631. The van der Waals surface area contributed by atoms with E-state index in [-0.39, 0.29) is 12.0 Å². The molecule has 3 rings (SSSR count). The van der Waals surface area contributed by atoms with Crippen LogP contribution in [0.5, 0.6) is 0 Å². The minimum absolute atomic E-state index is 0.0494. The summed E-state index contributed by atoms with van der Waals surface area (Å²) in [5.41, 5.74) is 1.88. The smallest absolute Gasteiger partial charge is 0.259 e. The standard InChI is InChI=1S/C14H18N4O2/c1-10-12(13-15-6-4-7-18(13)16-10)14(19)17(2)9-11-5-3-8-20-11/h4,6-7,11H,3,5,8-9H2,1-2H3. The Balaban J connectivity index is 1.86. The third-order valence-electron chi connectivity index (χ3n) is 3.63. The molecule has 1 saturated heterocycles. The van der Waals surface area contributed by atoms with Crippen LogP contribution in [0.4, 0.5) is 0 Å². The predicted molar refractivity (Wildman–Crippen MR) is 73.7 cm³/mol. The normalized spacial score (nSPS) is 18.6. The van der Waals surface area contributed by atoms with Gasteiger partial charge in [0.2, 0.25) is 0 Å². The van der Waals surface area contributed by atoms with Crippen LogP contribution in [0, 0.1) is 6.92 Å². The third kappa shape index (κ3) is 2.27. The minimum Gasteiger partial charge on any atom is -0.376 e. The second-order valence-electron chi connectivity index (χ2n) is 5.17. The number of rotatable bonds is 3. The molecule has 1 atom stereocenters. The predicted octanol–water partition coefficient (Wildman–Crippen LogP) is 1.29. The zero-order valence-electron chi connectivity index (χ0n) is 11.7. The molecule has 6 nitrogen and oxygen atoms in total. The summed E-state index contributed by atoms with van der Waals surface area (Å²) in [4.78, 5) is 18.6. The van der Waals surface area contributed by atoms with Crippen LogP contribution in [0.1, 0.15) is 28.9 Å². The topological polar surface area (TPSA) is 59.7 Å². The van der Waals surface area contributed by atoms with E-state index in [0.717, 1.165) is 19.4 Å². The second-order valence-corrected chi connectivity index (χ2v) is 5.17. The van der Waals surface area contributed by atoms with Gasteiger partial charge in [0.05, 0.1) is 11.8 Å². The number of hydrogen-bond donors (Lipinski definition) is 0. The Morgan fingerprint density at radius 3 is 3.20 bits per heavy atom. The van der Waals surface area contributed by atoms with Crippen molar-refractivity contribution in [3.63, 3.8) is 0 Å². The van der Waals surface area contributed by atoms with Crippen molar-refractivity contribution in [2.45, 2.75) is 25.9 Å². The molecule has 1 aliphatic rings. The van der Waals surface area contributed by atoms with Crippen LogP contribution in [0.15, 0.2) is 18.5 Å². The monoisotopic (exact) mass is 274 g/mol. The number of carbonyl (C=O) groups is 1. The second kappa shape index (κ2) is 5.20. The highest BCUT2D eigenvalue weighted by molar-refractivity contribution is 6.00. The zero-order chi connectivity index (χ0) is 14.1. The van der Waals surface area contributed by atoms with Crippen molar-refractivity contribution in [1.29, 1.82) is 0 Å². The maximum atomic E-state index is 12.6. The molecule has 0 saturated carbocycles. The fraction of sp³-hybridized carbons (Fsp3) is 0.500. The zero-order valence-corrected chi connectivity index (χ0v) is 11.7. The molecule has 0 N–H and O–H groups in total. The summed E-state index contributed by atoms with van der Waals surface area (Å²) in [5.74, 6) is -0.0494. The molecule has 1 fully saturated rings.